The van der Waals surface area contributed by atoms with Gasteiger partial charge in [-0.15, -0.1) is 0 Å². The standard InChI is InChI=1S/C43H61N5O7/c1-28(2)32-24-34(39(51)45-33(23-29-19-20-29)35(49)38(44)50)48(25-32)40(52)36(42(3,4)5)46-41(53)47-43(21-13-8-14-22-43)37(31-17-11-7-12-18-31)55-27-54-26-30-15-9-6-10-16-30/h6-7,9-12,15-18,28-29,32-34,36-37H,8,13-14,19-27H2,1-5H3,(H2,44,50)(H,45,51)(H2,46,47,53)/t32-,33?,34?,36?,37?/m1/s1. The van der Waals surface area contributed by atoms with Crippen LogP contribution >= 0.6 is 0 Å². The third kappa shape index (κ3) is 11.2. The van der Waals surface area contributed by atoms with Gasteiger partial charge in [0.1, 0.15) is 25.0 Å². The first kappa shape index (κ1) is 41.9. The van der Waals surface area contributed by atoms with Gasteiger partial charge in [0.2, 0.25) is 17.6 Å². The van der Waals surface area contributed by atoms with E-state index in [9.17, 15) is 24.0 Å². The summed E-state index contributed by atoms with van der Waals surface area (Å²) in [5.41, 5.74) is 5.77. The van der Waals surface area contributed by atoms with Crippen LogP contribution in [-0.2, 0) is 35.3 Å². The molecule has 5 amide bonds. The first-order valence-corrected chi connectivity index (χ1v) is 20.0. The number of hydrogen-bond acceptors (Lipinski definition) is 7. The Hall–Kier alpha value is -4.29. The Morgan fingerprint density at radius 2 is 1.55 bits per heavy atom. The van der Waals surface area contributed by atoms with Crippen molar-refractivity contribution in [3.8, 4) is 0 Å². The van der Waals surface area contributed by atoms with Crippen LogP contribution in [0.5, 0.6) is 0 Å². The third-order valence-corrected chi connectivity index (χ3v) is 11.5. The maximum atomic E-state index is 14.7. The van der Waals surface area contributed by atoms with E-state index in [1.165, 1.54) is 0 Å². The summed E-state index contributed by atoms with van der Waals surface area (Å²) in [5.74, 6) is -2.37. The van der Waals surface area contributed by atoms with Crippen LogP contribution in [-0.4, -0.2) is 71.4 Å². The number of urea groups is 1. The largest absolute Gasteiger partial charge is 0.363 e. The van der Waals surface area contributed by atoms with Gasteiger partial charge in [0.15, 0.2) is 0 Å². The molecule has 3 aliphatic rings. The Bertz CT molecular complexity index is 1620. The number of benzene rings is 2. The molecule has 1 heterocycles. The second-order valence-electron chi connectivity index (χ2n) is 17.2. The lowest BCUT2D eigenvalue weighted by molar-refractivity contribution is -0.143. The average Bonchev–Trinajstić information content (AvgIpc) is 3.86. The first-order valence-electron chi connectivity index (χ1n) is 20.0. The van der Waals surface area contributed by atoms with Gasteiger partial charge in [-0.2, -0.15) is 0 Å². The van der Waals surface area contributed by atoms with Gasteiger partial charge >= 0.3 is 6.03 Å². The van der Waals surface area contributed by atoms with Crippen LogP contribution in [0.4, 0.5) is 4.79 Å². The minimum atomic E-state index is -1.09. The van der Waals surface area contributed by atoms with Gasteiger partial charge in [0, 0.05) is 6.54 Å². The third-order valence-electron chi connectivity index (χ3n) is 11.5. The molecule has 5 atom stereocenters. The Balaban J connectivity index is 1.35. The molecule has 2 saturated carbocycles. The van der Waals surface area contributed by atoms with Gasteiger partial charge in [0.05, 0.1) is 18.2 Å². The van der Waals surface area contributed by atoms with E-state index in [-0.39, 0.29) is 30.5 Å². The molecule has 0 aromatic heterocycles. The molecule has 55 heavy (non-hydrogen) atoms. The lowest BCUT2D eigenvalue weighted by Crippen LogP contribution is -2.63. The van der Waals surface area contributed by atoms with Crippen molar-refractivity contribution in [2.24, 2.45) is 28.9 Å². The summed E-state index contributed by atoms with van der Waals surface area (Å²) in [5, 5.41) is 9.13. The molecule has 12 heteroatoms. The Kier molecular flexibility index (Phi) is 14.1. The molecule has 4 unspecified atom stereocenters. The highest BCUT2D eigenvalue weighted by molar-refractivity contribution is 6.37. The Labute approximate surface area is 326 Å². The van der Waals surface area contributed by atoms with Crippen LogP contribution in [0.25, 0.3) is 0 Å². The van der Waals surface area contributed by atoms with Crippen LogP contribution < -0.4 is 21.7 Å². The number of nitrogens with two attached hydrogens (primary N) is 1. The average molecular weight is 760 g/mol. The first-order chi connectivity index (χ1) is 26.2. The van der Waals surface area contributed by atoms with E-state index in [1.54, 1.807) is 4.90 Å². The summed E-state index contributed by atoms with van der Waals surface area (Å²) >= 11 is 0. The molecule has 5 rings (SSSR count). The zero-order chi connectivity index (χ0) is 39.8. The molecule has 2 aromatic rings. The fourth-order valence-corrected chi connectivity index (χ4v) is 8.10. The number of likely N-dealkylation sites (tertiary alicyclic amines) is 1. The number of amides is 5. The molecule has 0 bridgehead atoms. The van der Waals surface area contributed by atoms with Crippen LogP contribution in [0.3, 0.4) is 0 Å². The molecule has 0 spiro atoms. The molecular formula is C43H61N5O7. The smallest absolute Gasteiger partial charge is 0.315 e. The summed E-state index contributed by atoms with van der Waals surface area (Å²) in [7, 11) is 0. The second-order valence-corrected chi connectivity index (χ2v) is 17.2. The minimum absolute atomic E-state index is 0.0151. The number of nitrogens with zero attached hydrogens (tertiary/aromatic N) is 1. The number of nitrogens with one attached hydrogen (secondary N) is 3. The van der Waals surface area contributed by atoms with Gasteiger partial charge in [-0.1, -0.05) is 127 Å². The molecule has 3 fully saturated rings. The van der Waals surface area contributed by atoms with Crippen molar-refractivity contribution in [1.82, 2.24) is 20.9 Å². The lowest BCUT2D eigenvalue weighted by atomic mass is 9.75. The van der Waals surface area contributed by atoms with Crippen molar-refractivity contribution in [3.63, 3.8) is 0 Å². The van der Waals surface area contributed by atoms with Crippen LogP contribution in [0.15, 0.2) is 60.7 Å². The zero-order valence-electron chi connectivity index (χ0n) is 33.2. The normalized spacial score (nSPS) is 21.3. The van der Waals surface area contributed by atoms with Crippen molar-refractivity contribution in [1.29, 1.82) is 0 Å². The molecule has 0 radical (unpaired) electrons. The van der Waals surface area contributed by atoms with E-state index in [0.29, 0.717) is 38.8 Å². The number of ketones is 1. The Morgan fingerprint density at radius 1 is 0.909 bits per heavy atom. The number of Topliss-reactive ketones (excluding diaryl/α,β-unsaturated/α-hetero) is 1. The number of hydrogen-bond donors (Lipinski definition) is 4. The van der Waals surface area contributed by atoms with Gasteiger partial charge in [0.25, 0.3) is 5.91 Å². The highest BCUT2D eigenvalue weighted by Gasteiger charge is 2.48. The summed E-state index contributed by atoms with van der Waals surface area (Å²) in [6.45, 7) is 10.5. The molecule has 2 aliphatic carbocycles. The van der Waals surface area contributed by atoms with Gasteiger partial charge in [-0.05, 0) is 60.0 Å². The molecule has 1 aliphatic heterocycles. The molecule has 300 valence electrons. The van der Waals surface area contributed by atoms with Crippen LogP contribution in [0, 0.1) is 23.2 Å². The summed E-state index contributed by atoms with van der Waals surface area (Å²) in [6, 6.07) is 16.3. The maximum absolute atomic E-state index is 14.7. The van der Waals surface area contributed by atoms with Gasteiger partial charge in [-0.3, -0.25) is 19.2 Å². The molecule has 12 nitrogen and oxygen atoms in total. The predicted molar refractivity (Wildman–Crippen MR) is 209 cm³/mol. The maximum Gasteiger partial charge on any atom is 0.315 e. The van der Waals surface area contributed by atoms with Gasteiger partial charge < -0.3 is 36.1 Å². The van der Waals surface area contributed by atoms with Crippen molar-refractivity contribution < 1.29 is 33.4 Å². The zero-order valence-corrected chi connectivity index (χ0v) is 33.2. The number of carbonyl (C=O) groups is 5. The van der Waals surface area contributed by atoms with Crippen LogP contribution in [0.2, 0.25) is 0 Å². The van der Waals surface area contributed by atoms with E-state index in [0.717, 1.165) is 43.2 Å². The van der Waals surface area contributed by atoms with Crippen molar-refractivity contribution in [3.05, 3.63) is 71.8 Å². The predicted octanol–water partition coefficient (Wildman–Crippen LogP) is 5.55. The van der Waals surface area contributed by atoms with E-state index in [4.69, 9.17) is 15.2 Å². The van der Waals surface area contributed by atoms with E-state index >= 15 is 0 Å². The fourth-order valence-electron chi connectivity index (χ4n) is 8.10. The number of primary amides is 1. The van der Waals surface area contributed by atoms with Crippen molar-refractivity contribution in [2.75, 3.05) is 13.3 Å². The van der Waals surface area contributed by atoms with Crippen molar-refractivity contribution in [2.45, 2.75) is 129 Å². The Morgan fingerprint density at radius 3 is 2.13 bits per heavy atom. The van der Waals surface area contributed by atoms with E-state index in [1.807, 2.05) is 81.4 Å². The number of rotatable bonds is 17. The molecular weight excluding hydrogens is 699 g/mol. The highest BCUT2D eigenvalue weighted by Crippen LogP contribution is 2.41. The summed E-state index contributed by atoms with van der Waals surface area (Å²) in [6.07, 6.45) is 6.20. The van der Waals surface area contributed by atoms with E-state index in [2.05, 4.69) is 29.8 Å². The van der Waals surface area contributed by atoms with E-state index < -0.39 is 58.8 Å². The highest BCUT2D eigenvalue weighted by atomic mass is 16.7. The van der Waals surface area contributed by atoms with Crippen LogP contribution in [0.1, 0.15) is 110 Å². The van der Waals surface area contributed by atoms with Gasteiger partial charge in [-0.25, -0.2) is 4.79 Å². The topological polar surface area (TPSA) is 169 Å². The lowest BCUT2D eigenvalue weighted by Gasteiger charge is -2.44. The number of carbonyl (C=O) groups excluding carboxylic acids is 5. The van der Waals surface area contributed by atoms with Crippen molar-refractivity contribution >= 4 is 29.5 Å². The quantitative estimate of drug-likeness (QED) is 0.0932. The molecule has 2 aromatic carbocycles. The molecule has 5 N–H and O–H groups in total. The summed E-state index contributed by atoms with van der Waals surface area (Å²) < 4.78 is 12.5. The monoisotopic (exact) mass is 759 g/mol. The minimum Gasteiger partial charge on any atom is -0.363 e. The number of ether oxygens (including phenoxy) is 2. The summed E-state index contributed by atoms with van der Waals surface area (Å²) in [4.78, 5) is 69.0. The fraction of sp³-hybridized carbons (Fsp3) is 0.605. The molecule has 1 saturated heterocycles. The SMILES string of the molecule is CC(C)[C@@H]1CC(C(=O)NC(CC2CC2)C(=O)C(N)=O)N(C(=O)C(NC(=O)NC2(C(OCOCc3ccccc3)c3ccccc3)CCCCC2)C(C)(C)C)C1. The second kappa shape index (κ2) is 18.6.